The molecule has 0 aromatic heterocycles. The Balaban J connectivity index is 1.86. The zero-order valence-corrected chi connectivity index (χ0v) is 12.3. The first-order chi connectivity index (χ1) is 9.47. The third kappa shape index (κ3) is 3.62. The van der Waals surface area contributed by atoms with Crippen LogP contribution in [0.1, 0.15) is 32.6 Å². The number of nitrogens with one attached hydrogen (secondary N) is 1. The van der Waals surface area contributed by atoms with Gasteiger partial charge in [0.15, 0.2) is 0 Å². The van der Waals surface area contributed by atoms with Crippen LogP contribution in [0.4, 0.5) is 4.79 Å². The van der Waals surface area contributed by atoms with E-state index in [0.29, 0.717) is 12.8 Å². The minimum Gasteiger partial charge on any atom is -0.481 e. The molecular formula is C14H25N3O3. The highest BCUT2D eigenvalue weighted by Gasteiger charge is 2.32. The Hall–Kier alpha value is -1.30. The molecule has 0 radical (unpaired) electrons. The van der Waals surface area contributed by atoms with E-state index in [2.05, 4.69) is 24.2 Å². The number of nitrogens with zero attached hydrogens (tertiary/aromatic N) is 2. The van der Waals surface area contributed by atoms with Crippen LogP contribution < -0.4 is 5.32 Å². The molecule has 2 aliphatic rings. The van der Waals surface area contributed by atoms with Crippen LogP contribution in [-0.4, -0.2) is 65.7 Å². The molecule has 1 aliphatic carbocycles. The highest BCUT2D eigenvalue weighted by molar-refractivity contribution is 5.75. The van der Waals surface area contributed by atoms with Gasteiger partial charge in [-0.15, -0.1) is 0 Å². The second-order valence-electron chi connectivity index (χ2n) is 6.15. The fourth-order valence-electron chi connectivity index (χ4n) is 3.27. The van der Waals surface area contributed by atoms with E-state index in [0.717, 1.165) is 32.5 Å². The van der Waals surface area contributed by atoms with Crippen LogP contribution in [0.5, 0.6) is 0 Å². The standard InChI is InChI=1S/C14H25N3O3/c1-10-9-16(2)6-3-7-17(10)14(20)15-12-5-4-11(8-12)13(18)19/h10-12H,3-9H2,1-2H3,(H,15,20)(H,18,19). The molecule has 1 saturated carbocycles. The van der Waals surface area contributed by atoms with Gasteiger partial charge in [-0.2, -0.15) is 0 Å². The zero-order valence-electron chi connectivity index (χ0n) is 12.3. The number of aliphatic carboxylic acids is 1. The van der Waals surface area contributed by atoms with Gasteiger partial charge in [0.2, 0.25) is 0 Å². The van der Waals surface area contributed by atoms with Crippen molar-refractivity contribution in [3.05, 3.63) is 0 Å². The summed E-state index contributed by atoms with van der Waals surface area (Å²) in [6.45, 7) is 4.73. The van der Waals surface area contributed by atoms with Crippen LogP contribution in [-0.2, 0) is 4.79 Å². The monoisotopic (exact) mass is 283 g/mol. The fourth-order valence-corrected chi connectivity index (χ4v) is 3.27. The number of likely N-dealkylation sites (N-methyl/N-ethyl adjacent to an activating group) is 1. The van der Waals surface area contributed by atoms with Crippen LogP contribution in [0, 0.1) is 5.92 Å². The fraction of sp³-hybridized carbons (Fsp3) is 0.857. The Morgan fingerprint density at radius 2 is 2.00 bits per heavy atom. The average Bonchev–Trinajstić information content (AvgIpc) is 2.75. The van der Waals surface area contributed by atoms with Crippen molar-refractivity contribution in [1.82, 2.24) is 15.1 Å². The van der Waals surface area contributed by atoms with Gasteiger partial charge in [-0.1, -0.05) is 0 Å². The van der Waals surface area contributed by atoms with Gasteiger partial charge >= 0.3 is 12.0 Å². The quantitative estimate of drug-likeness (QED) is 0.792. The van der Waals surface area contributed by atoms with Gasteiger partial charge < -0.3 is 20.2 Å². The number of hydrogen-bond donors (Lipinski definition) is 2. The highest BCUT2D eigenvalue weighted by atomic mass is 16.4. The Labute approximate surface area is 120 Å². The summed E-state index contributed by atoms with van der Waals surface area (Å²) < 4.78 is 0. The lowest BCUT2D eigenvalue weighted by Gasteiger charge is -2.29. The van der Waals surface area contributed by atoms with Gasteiger partial charge in [0.05, 0.1) is 5.92 Å². The molecule has 1 heterocycles. The first kappa shape index (κ1) is 15.1. The lowest BCUT2D eigenvalue weighted by Crippen LogP contribution is -2.49. The molecule has 114 valence electrons. The number of hydrogen-bond acceptors (Lipinski definition) is 3. The number of urea groups is 1. The largest absolute Gasteiger partial charge is 0.481 e. The third-order valence-electron chi connectivity index (χ3n) is 4.42. The van der Waals surface area contributed by atoms with E-state index in [-0.39, 0.29) is 24.0 Å². The Bertz CT molecular complexity index is 375. The van der Waals surface area contributed by atoms with Crippen molar-refractivity contribution in [3.8, 4) is 0 Å². The van der Waals surface area contributed by atoms with Crippen molar-refractivity contribution < 1.29 is 14.7 Å². The van der Waals surface area contributed by atoms with Crippen molar-refractivity contribution in [2.75, 3.05) is 26.7 Å². The van der Waals surface area contributed by atoms with Crippen LogP contribution in [0.3, 0.4) is 0 Å². The molecule has 6 heteroatoms. The molecule has 20 heavy (non-hydrogen) atoms. The molecule has 1 saturated heterocycles. The number of rotatable bonds is 2. The minimum absolute atomic E-state index is 0.0109. The van der Waals surface area contributed by atoms with Crippen LogP contribution in [0.2, 0.25) is 0 Å². The Morgan fingerprint density at radius 3 is 2.65 bits per heavy atom. The molecule has 2 rings (SSSR count). The lowest BCUT2D eigenvalue weighted by atomic mass is 10.1. The molecule has 0 bridgehead atoms. The van der Waals surface area contributed by atoms with E-state index in [1.54, 1.807) is 0 Å². The maximum atomic E-state index is 12.3. The van der Waals surface area contributed by atoms with E-state index >= 15 is 0 Å². The number of carbonyl (C=O) groups is 2. The summed E-state index contributed by atoms with van der Waals surface area (Å²) in [4.78, 5) is 27.4. The summed E-state index contributed by atoms with van der Waals surface area (Å²) >= 11 is 0. The molecule has 0 aromatic carbocycles. The molecule has 0 spiro atoms. The van der Waals surface area contributed by atoms with E-state index in [1.165, 1.54) is 0 Å². The maximum Gasteiger partial charge on any atom is 0.317 e. The summed E-state index contributed by atoms with van der Waals surface area (Å²) in [7, 11) is 2.08. The predicted octanol–water partition coefficient (Wildman–Crippen LogP) is 0.975. The zero-order chi connectivity index (χ0) is 14.7. The molecule has 3 atom stereocenters. The van der Waals surface area contributed by atoms with Gasteiger partial charge in [-0.3, -0.25) is 4.79 Å². The molecule has 3 unspecified atom stereocenters. The second kappa shape index (κ2) is 6.43. The Kier molecular flexibility index (Phi) is 4.86. The molecule has 2 fully saturated rings. The number of amides is 2. The lowest BCUT2D eigenvalue weighted by molar-refractivity contribution is -0.141. The van der Waals surface area contributed by atoms with Crippen molar-refractivity contribution >= 4 is 12.0 Å². The van der Waals surface area contributed by atoms with E-state index in [4.69, 9.17) is 5.11 Å². The van der Waals surface area contributed by atoms with Crippen LogP contribution in [0.25, 0.3) is 0 Å². The summed E-state index contributed by atoms with van der Waals surface area (Å²) in [6, 6.07) is 0.166. The SMILES string of the molecule is CC1CN(C)CCCN1C(=O)NC1CCC(C(=O)O)C1. The minimum atomic E-state index is -0.744. The van der Waals surface area contributed by atoms with Crippen molar-refractivity contribution in [2.45, 2.75) is 44.7 Å². The normalized spacial score (nSPS) is 31.9. The van der Waals surface area contributed by atoms with Crippen molar-refractivity contribution in [1.29, 1.82) is 0 Å². The van der Waals surface area contributed by atoms with Crippen molar-refractivity contribution in [3.63, 3.8) is 0 Å². The van der Waals surface area contributed by atoms with E-state index < -0.39 is 5.97 Å². The van der Waals surface area contributed by atoms with Crippen LogP contribution >= 0.6 is 0 Å². The molecule has 2 N–H and O–H groups in total. The Morgan fingerprint density at radius 1 is 1.25 bits per heavy atom. The highest BCUT2D eigenvalue weighted by Crippen LogP contribution is 2.26. The van der Waals surface area contributed by atoms with Gasteiger partial charge in [0.25, 0.3) is 0 Å². The summed E-state index contributed by atoms with van der Waals surface area (Å²) in [5.74, 6) is -1.04. The molecule has 0 aromatic rings. The van der Waals surface area contributed by atoms with Gasteiger partial charge in [-0.05, 0) is 46.2 Å². The van der Waals surface area contributed by atoms with Gasteiger partial charge in [-0.25, -0.2) is 4.79 Å². The second-order valence-corrected chi connectivity index (χ2v) is 6.15. The number of carboxylic acids is 1. The first-order valence-electron chi connectivity index (χ1n) is 7.46. The predicted molar refractivity (Wildman–Crippen MR) is 75.6 cm³/mol. The smallest absolute Gasteiger partial charge is 0.317 e. The number of carbonyl (C=O) groups excluding carboxylic acids is 1. The van der Waals surface area contributed by atoms with Crippen LogP contribution in [0.15, 0.2) is 0 Å². The number of carboxylic acid groups (broad SMARTS) is 1. The molecule has 1 aliphatic heterocycles. The van der Waals surface area contributed by atoms with Crippen molar-refractivity contribution in [2.24, 2.45) is 5.92 Å². The summed E-state index contributed by atoms with van der Waals surface area (Å²) in [5.41, 5.74) is 0. The first-order valence-corrected chi connectivity index (χ1v) is 7.46. The topological polar surface area (TPSA) is 72.9 Å². The molecule has 6 nitrogen and oxygen atoms in total. The average molecular weight is 283 g/mol. The summed E-state index contributed by atoms with van der Waals surface area (Å²) in [5, 5.41) is 12.0. The van der Waals surface area contributed by atoms with Gasteiger partial charge in [0.1, 0.15) is 0 Å². The maximum absolute atomic E-state index is 12.3. The third-order valence-corrected chi connectivity index (χ3v) is 4.42. The van der Waals surface area contributed by atoms with E-state index in [9.17, 15) is 9.59 Å². The summed E-state index contributed by atoms with van der Waals surface area (Å²) in [6.07, 6.45) is 2.98. The van der Waals surface area contributed by atoms with Gasteiger partial charge in [0, 0.05) is 25.2 Å². The van der Waals surface area contributed by atoms with E-state index in [1.807, 2.05) is 4.90 Å². The molecular weight excluding hydrogens is 258 g/mol. The molecule has 2 amide bonds.